The third-order valence-corrected chi connectivity index (χ3v) is 1.90. The van der Waals surface area contributed by atoms with Gasteiger partial charge in [-0.05, 0) is 18.6 Å². The fraction of sp³-hybridized carbons (Fsp3) is 0.200. The van der Waals surface area contributed by atoms with Crippen LogP contribution in [0.3, 0.4) is 0 Å². The first-order chi connectivity index (χ1) is 6.59. The third kappa shape index (κ3) is 3.14. The van der Waals surface area contributed by atoms with Gasteiger partial charge >= 0.3 is 0 Å². The van der Waals surface area contributed by atoms with Crippen LogP contribution in [0, 0.1) is 6.92 Å². The van der Waals surface area contributed by atoms with Gasteiger partial charge in [-0.2, -0.15) is 0 Å². The molecule has 0 spiro atoms. The molecule has 0 unspecified atom stereocenters. The largest absolute Gasteiger partial charge is 0.393 e. The van der Waals surface area contributed by atoms with Crippen molar-refractivity contribution in [1.82, 2.24) is 0 Å². The molecule has 1 amide bonds. The first-order valence-electron chi connectivity index (χ1n) is 4.23. The lowest BCUT2D eigenvalue weighted by Crippen LogP contribution is -2.20. The maximum Gasteiger partial charge on any atom is 0.231 e. The van der Waals surface area contributed by atoms with E-state index in [9.17, 15) is 4.79 Å². The second-order valence-electron chi connectivity index (χ2n) is 3.01. The Morgan fingerprint density at radius 2 is 2.14 bits per heavy atom. The SMILES string of the molecule is Cc1ccccc1NC(=O)CC(N)=S. The van der Waals surface area contributed by atoms with Gasteiger partial charge in [-0.15, -0.1) is 0 Å². The number of para-hydroxylation sites is 1. The van der Waals surface area contributed by atoms with E-state index in [1.807, 2.05) is 31.2 Å². The van der Waals surface area contributed by atoms with Gasteiger partial charge in [0.15, 0.2) is 0 Å². The summed E-state index contributed by atoms with van der Waals surface area (Å²) >= 11 is 4.64. The van der Waals surface area contributed by atoms with Crippen LogP contribution in [0.15, 0.2) is 24.3 Å². The predicted molar refractivity (Wildman–Crippen MR) is 61.2 cm³/mol. The highest BCUT2D eigenvalue weighted by Crippen LogP contribution is 2.12. The molecule has 0 aliphatic heterocycles. The van der Waals surface area contributed by atoms with E-state index < -0.39 is 0 Å². The molecule has 3 nitrogen and oxygen atoms in total. The van der Waals surface area contributed by atoms with Gasteiger partial charge in [0.05, 0.1) is 11.4 Å². The number of hydrogen-bond donors (Lipinski definition) is 2. The Kier molecular flexibility index (Phi) is 3.59. The highest BCUT2D eigenvalue weighted by Gasteiger charge is 2.04. The highest BCUT2D eigenvalue weighted by atomic mass is 32.1. The number of thiocarbonyl (C=S) groups is 1. The molecule has 74 valence electrons. The molecule has 0 aliphatic carbocycles. The van der Waals surface area contributed by atoms with Crippen molar-refractivity contribution in [2.24, 2.45) is 5.73 Å². The van der Waals surface area contributed by atoms with Crippen molar-refractivity contribution >= 4 is 28.8 Å². The first-order valence-corrected chi connectivity index (χ1v) is 4.64. The number of amides is 1. The number of rotatable bonds is 3. The summed E-state index contributed by atoms with van der Waals surface area (Å²) in [5, 5.41) is 2.74. The van der Waals surface area contributed by atoms with Crippen molar-refractivity contribution in [2.45, 2.75) is 13.3 Å². The molecule has 1 aromatic rings. The molecule has 14 heavy (non-hydrogen) atoms. The van der Waals surface area contributed by atoms with Crippen LogP contribution < -0.4 is 11.1 Å². The van der Waals surface area contributed by atoms with E-state index in [-0.39, 0.29) is 17.3 Å². The fourth-order valence-corrected chi connectivity index (χ4v) is 1.20. The third-order valence-electron chi connectivity index (χ3n) is 1.75. The van der Waals surface area contributed by atoms with Crippen molar-refractivity contribution in [2.75, 3.05) is 5.32 Å². The predicted octanol–water partition coefficient (Wildman–Crippen LogP) is 1.61. The number of carbonyl (C=O) groups is 1. The molecule has 0 saturated carbocycles. The number of hydrogen-bond acceptors (Lipinski definition) is 2. The van der Waals surface area contributed by atoms with Gasteiger partial charge in [-0.1, -0.05) is 30.4 Å². The van der Waals surface area contributed by atoms with Gasteiger partial charge in [0.25, 0.3) is 0 Å². The Bertz CT molecular complexity index is 363. The first kappa shape index (κ1) is 10.7. The minimum Gasteiger partial charge on any atom is -0.393 e. The number of nitrogens with two attached hydrogens (primary N) is 1. The van der Waals surface area contributed by atoms with Crippen LogP contribution in [0.4, 0.5) is 5.69 Å². The molecule has 0 heterocycles. The molecular weight excluding hydrogens is 196 g/mol. The van der Waals surface area contributed by atoms with Crippen LogP contribution in [-0.4, -0.2) is 10.9 Å². The van der Waals surface area contributed by atoms with Gasteiger partial charge in [0.2, 0.25) is 5.91 Å². The molecule has 1 rings (SSSR count). The normalized spacial score (nSPS) is 9.50. The lowest BCUT2D eigenvalue weighted by Gasteiger charge is -2.06. The topological polar surface area (TPSA) is 55.1 Å². The molecule has 3 N–H and O–H groups in total. The van der Waals surface area contributed by atoms with Gasteiger partial charge in [0, 0.05) is 5.69 Å². The van der Waals surface area contributed by atoms with Crippen molar-refractivity contribution in [3.63, 3.8) is 0 Å². The highest BCUT2D eigenvalue weighted by molar-refractivity contribution is 7.80. The van der Waals surface area contributed by atoms with Gasteiger partial charge < -0.3 is 11.1 Å². The summed E-state index contributed by atoms with van der Waals surface area (Å²) in [7, 11) is 0. The monoisotopic (exact) mass is 208 g/mol. The zero-order valence-electron chi connectivity index (χ0n) is 7.91. The molecular formula is C10H12N2OS. The van der Waals surface area contributed by atoms with Crippen LogP contribution in [-0.2, 0) is 4.79 Å². The van der Waals surface area contributed by atoms with Crippen molar-refractivity contribution in [3.05, 3.63) is 29.8 Å². The minimum absolute atomic E-state index is 0.0870. The van der Waals surface area contributed by atoms with Gasteiger partial charge in [0.1, 0.15) is 0 Å². The fourth-order valence-electron chi connectivity index (χ4n) is 1.07. The number of benzene rings is 1. The Labute approximate surface area is 88.3 Å². The summed E-state index contributed by atoms with van der Waals surface area (Å²) in [4.78, 5) is 11.5. The number of carbonyl (C=O) groups excluding carboxylic acids is 1. The molecule has 4 heteroatoms. The maximum atomic E-state index is 11.3. The van der Waals surface area contributed by atoms with Crippen LogP contribution in [0.2, 0.25) is 0 Å². The average molecular weight is 208 g/mol. The zero-order chi connectivity index (χ0) is 10.6. The van der Waals surface area contributed by atoms with E-state index in [4.69, 9.17) is 5.73 Å². The maximum absolute atomic E-state index is 11.3. The summed E-state index contributed by atoms with van der Waals surface area (Å²) in [6.45, 7) is 1.93. The average Bonchev–Trinajstić information content (AvgIpc) is 2.07. The molecule has 0 aromatic heterocycles. The Morgan fingerprint density at radius 1 is 1.50 bits per heavy atom. The lowest BCUT2D eigenvalue weighted by atomic mass is 10.2. The number of aryl methyl sites for hydroxylation is 1. The summed E-state index contributed by atoms with van der Waals surface area (Å²) in [5.41, 5.74) is 7.07. The molecule has 0 radical (unpaired) electrons. The second kappa shape index (κ2) is 4.72. The van der Waals surface area contributed by atoms with E-state index in [0.717, 1.165) is 11.3 Å². The van der Waals surface area contributed by atoms with Crippen molar-refractivity contribution in [3.8, 4) is 0 Å². The van der Waals surface area contributed by atoms with E-state index in [0.29, 0.717) is 0 Å². The Morgan fingerprint density at radius 3 is 2.71 bits per heavy atom. The molecule has 0 atom stereocenters. The Hall–Kier alpha value is -1.42. The number of anilines is 1. The molecule has 0 fully saturated rings. The van der Waals surface area contributed by atoms with Gasteiger partial charge in [-0.25, -0.2) is 0 Å². The van der Waals surface area contributed by atoms with E-state index in [1.165, 1.54) is 0 Å². The summed E-state index contributed by atoms with van der Waals surface area (Å²) in [6, 6.07) is 7.55. The number of nitrogens with one attached hydrogen (secondary N) is 1. The quantitative estimate of drug-likeness (QED) is 0.742. The van der Waals surface area contributed by atoms with E-state index in [2.05, 4.69) is 17.5 Å². The second-order valence-corrected chi connectivity index (χ2v) is 3.53. The molecule has 0 saturated heterocycles. The molecule has 0 bridgehead atoms. The smallest absolute Gasteiger partial charge is 0.231 e. The lowest BCUT2D eigenvalue weighted by molar-refractivity contribution is -0.115. The minimum atomic E-state index is -0.174. The van der Waals surface area contributed by atoms with Crippen molar-refractivity contribution in [1.29, 1.82) is 0 Å². The van der Waals surface area contributed by atoms with Crippen molar-refractivity contribution < 1.29 is 4.79 Å². The summed E-state index contributed by atoms with van der Waals surface area (Å²) in [5.74, 6) is -0.174. The van der Waals surface area contributed by atoms with E-state index >= 15 is 0 Å². The Balaban J connectivity index is 2.65. The summed E-state index contributed by atoms with van der Waals surface area (Å²) in [6.07, 6.45) is 0.0870. The molecule has 0 aliphatic rings. The van der Waals surface area contributed by atoms with Crippen LogP contribution in [0.1, 0.15) is 12.0 Å². The van der Waals surface area contributed by atoms with Crippen LogP contribution in [0.25, 0.3) is 0 Å². The van der Waals surface area contributed by atoms with E-state index in [1.54, 1.807) is 0 Å². The summed E-state index contributed by atoms with van der Waals surface area (Å²) < 4.78 is 0. The van der Waals surface area contributed by atoms with Gasteiger partial charge in [-0.3, -0.25) is 4.79 Å². The van der Waals surface area contributed by atoms with Crippen LogP contribution in [0.5, 0.6) is 0 Å². The molecule has 1 aromatic carbocycles. The zero-order valence-corrected chi connectivity index (χ0v) is 8.73. The van der Waals surface area contributed by atoms with Crippen LogP contribution >= 0.6 is 12.2 Å². The standard InChI is InChI=1S/C10H12N2OS/c1-7-4-2-3-5-8(7)12-10(13)6-9(11)14/h2-5H,6H2,1H3,(H2,11,14)(H,12,13).